The molecule has 0 saturated carbocycles. The van der Waals surface area contributed by atoms with E-state index in [1.54, 1.807) is 23.9 Å². The molecule has 0 spiro atoms. The van der Waals surface area contributed by atoms with E-state index in [1.807, 2.05) is 6.92 Å². The lowest BCUT2D eigenvalue weighted by atomic mass is 10.2. The molecule has 1 aromatic carbocycles. The lowest BCUT2D eigenvalue weighted by Crippen LogP contribution is -2.12. The van der Waals surface area contributed by atoms with Crippen LogP contribution in [0, 0.1) is 5.82 Å². The molecule has 18 heavy (non-hydrogen) atoms. The monoisotopic (exact) mass is 267 g/mol. The van der Waals surface area contributed by atoms with Gasteiger partial charge < -0.3 is 10.2 Å². The van der Waals surface area contributed by atoms with Crippen LogP contribution in [-0.2, 0) is 5.75 Å². The van der Waals surface area contributed by atoms with Gasteiger partial charge in [0.25, 0.3) is 0 Å². The number of halogens is 1. The maximum Gasteiger partial charge on any atom is 0.247 e. The van der Waals surface area contributed by atoms with E-state index in [0.29, 0.717) is 34.9 Å². The Morgan fingerprint density at radius 2 is 2.06 bits per heavy atom. The summed E-state index contributed by atoms with van der Waals surface area (Å²) in [4.78, 5) is 0. The number of hydrogen-bond donors (Lipinski definition) is 1. The van der Waals surface area contributed by atoms with E-state index >= 15 is 0 Å². The summed E-state index contributed by atoms with van der Waals surface area (Å²) in [5.74, 6) is 1.31. The molecular formula is C12H14FN3OS. The smallest absolute Gasteiger partial charge is 0.247 e. The van der Waals surface area contributed by atoms with Crippen LogP contribution in [0.3, 0.4) is 0 Å². The zero-order chi connectivity index (χ0) is 13.0. The highest BCUT2D eigenvalue weighted by atomic mass is 32.2. The Kier molecular flexibility index (Phi) is 4.33. The molecular weight excluding hydrogens is 253 g/mol. The third-order valence-corrected chi connectivity index (χ3v) is 3.56. The third-order valence-electron chi connectivity index (χ3n) is 2.38. The molecule has 2 aromatic rings. The number of aromatic nitrogens is 2. The number of hydrogen-bond acceptors (Lipinski definition) is 5. The summed E-state index contributed by atoms with van der Waals surface area (Å²) in [7, 11) is 0. The summed E-state index contributed by atoms with van der Waals surface area (Å²) in [6.45, 7) is 2.66. The van der Waals surface area contributed by atoms with E-state index in [1.165, 1.54) is 12.1 Å². The molecule has 1 unspecified atom stereocenters. The van der Waals surface area contributed by atoms with Crippen LogP contribution in [0.4, 0.5) is 4.39 Å². The fourth-order valence-electron chi connectivity index (χ4n) is 1.30. The van der Waals surface area contributed by atoms with Crippen molar-refractivity contribution >= 4 is 11.8 Å². The lowest BCUT2D eigenvalue weighted by Gasteiger charge is -2.04. The van der Waals surface area contributed by atoms with Crippen molar-refractivity contribution in [1.82, 2.24) is 10.2 Å². The van der Waals surface area contributed by atoms with E-state index in [-0.39, 0.29) is 5.82 Å². The quantitative estimate of drug-likeness (QED) is 0.901. The minimum absolute atomic E-state index is 0.286. The predicted octanol–water partition coefficient (Wildman–Crippen LogP) is 2.46. The Labute approximate surface area is 109 Å². The third kappa shape index (κ3) is 3.30. The first-order chi connectivity index (χ1) is 8.69. The average molecular weight is 267 g/mol. The van der Waals surface area contributed by atoms with Crippen LogP contribution < -0.4 is 5.73 Å². The first-order valence-electron chi connectivity index (χ1n) is 5.59. The van der Waals surface area contributed by atoms with Gasteiger partial charge in [-0.05, 0) is 24.3 Å². The highest BCUT2D eigenvalue weighted by Gasteiger charge is 2.10. The fourth-order valence-corrected chi connectivity index (χ4v) is 1.98. The van der Waals surface area contributed by atoms with Crippen LogP contribution >= 0.6 is 11.8 Å². The van der Waals surface area contributed by atoms with Gasteiger partial charge in [-0.25, -0.2) is 4.39 Å². The topological polar surface area (TPSA) is 64.9 Å². The van der Waals surface area contributed by atoms with Gasteiger partial charge in [0.15, 0.2) is 0 Å². The summed E-state index contributed by atoms with van der Waals surface area (Å²) in [5.41, 5.74) is 6.24. The molecule has 6 heteroatoms. The second-order valence-corrected chi connectivity index (χ2v) is 5.29. The Hall–Kier alpha value is -1.40. The Morgan fingerprint density at radius 3 is 2.72 bits per heavy atom. The van der Waals surface area contributed by atoms with Crippen molar-refractivity contribution in [2.75, 3.05) is 6.54 Å². The standard InChI is InChI=1S/C12H14FN3OS/c1-8(6-14)18-7-11-15-16-12(17-11)9-2-4-10(13)5-3-9/h2-5,8H,6-7,14H2,1H3. The van der Waals surface area contributed by atoms with Gasteiger partial charge in [-0.2, -0.15) is 0 Å². The van der Waals surface area contributed by atoms with Gasteiger partial charge in [0.1, 0.15) is 5.82 Å². The van der Waals surface area contributed by atoms with Crippen LogP contribution in [0.5, 0.6) is 0 Å². The number of thioether (sulfide) groups is 1. The average Bonchev–Trinajstić information content (AvgIpc) is 2.85. The van der Waals surface area contributed by atoms with Crippen LogP contribution in [-0.4, -0.2) is 22.0 Å². The minimum Gasteiger partial charge on any atom is -0.420 e. The molecule has 96 valence electrons. The molecule has 1 heterocycles. The minimum atomic E-state index is -0.286. The number of nitrogens with two attached hydrogens (primary N) is 1. The summed E-state index contributed by atoms with van der Waals surface area (Å²) in [5, 5.41) is 8.24. The van der Waals surface area contributed by atoms with E-state index < -0.39 is 0 Å². The van der Waals surface area contributed by atoms with Crippen LogP contribution in [0.2, 0.25) is 0 Å². The SMILES string of the molecule is CC(CN)SCc1nnc(-c2ccc(F)cc2)o1. The molecule has 0 bridgehead atoms. The highest BCUT2D eigenvalue weighted by molar-refractivity contribution is 7.99. The van der Waals surface area contributed by atoms with Crippen molar-refractivity contribution in [3.63, 3.8) is 0 Å². The molecule has 0 amide bonds. The number of nitrogens with zero attached hydrogens (tertiary/aromatic N) is 2. The Bertz CT molecular complexity index is 500. The van der Waals surface area contributed by atoms with Gasteiger partial charge in [-0.15, -0.1) is 22.0 Å². The molecule has 0 radical (unpaired) electrons. The van der Waals surface area contributed by atoms with Crippen LogP contribution in [0.15, 0.2) is 28.7 Å². The van der Waals surface area contributed by atoms with Gasteiger partial charge in [-0.3, -0.25) is 0 Å². The van der Waals surface area contributed by atoms with Crippen molar-refractivity contribution in [3.8, 4) is 11.5 Å². The van der Waals surface area contributed by atoms with Gasteiger partial charge in [0.05, 0.1) is 5.75 Å². The van der Waals surface area contributed by atoms with Crippen molar-refractivity contribution in [3.05, 3.63) is 36.0 Å². The van der Waals surface area contributed by atoms with Gasteiger partial charge >= 0.3 is 0 Å². The first-order valence-corrected chi connectivity index (χ1v) is 6.64. The Balaban J connectivity index is 2.03. The lowest BCUT2D eigenvalue weighted by molar-refractivity contribution is 0.528. The maximum absolute atomic E-state index is 12.8. The molecule has 0 aliphatic heterocycles. The fraction of sp³-hybridized carbons (Fsp3) is 0.333. The van der Waals surface area contributed by atoms with Gasteiger partial charge in [0.2, 0.25) is 11.8 Å². The highest BCUT2D eigenvalue weighted by Crippen LogP contribution is 2.21. The summed E-state index contributed by atoms with van der Waals surface area (Å²) in [6.07, 6.45) is 0. The molecule has 4 nitrogen and oxygen atoms in total. The zero-order valence-corrected chi connectivity index (χ0v) is 10.8. The van der Waals surface area contributed by atoms with E-state index in [9.17, 15) is 4.39 Å². The molecule has 1 aromatic heterocycles. The van der Waals surface area contributed by atoms with Crippen LogP contribution in [0.1, 0.15) is 12.8 Å². The molecule has 2 rings (SSSR count). The van der Waals surface area contributed by atoms with Crippen molar-refractivity contribution < 1.29 is 8.81 Å². The molecule has 2 N–H and O–H groups in total. The first kappa shape index (κ1) is 13.0. The molecule has 1 atom stereocenters. The second-order valence-electron chi connectivity index (χ2n) is 3.87. The molecule has 0 saturated heterocycles. The zero-order valence-electron chi connectivity index (χ0n) is 9.97. The maximum atomic E-state index is 12.8. The van der Waals surface area contributed by atoms with E-state index in [2.05, 4.69) is 10.2 Å². The van der Waals surface area contributed by atoms with Gasteiger partial charge in [-0.1, -0.05) is 6.92 Å². The van der Waals surface area contributed by atoms with Crippen molar-refractivity contribution in [2.45, 2.75) is 17.9 Å². The van der Waals surface area contributed by atoms with E-state index in [0.717, 1.165) is 0 Å². The number of benzene rings is 1. The van der Waals surface area contributed by atoms with Gasteiger partial charge in [0, 0.05) is 17.4 Å². The van der Waals surface area contributed by atoms with E-state index in [4.69, 9.17) is 10.2 Å². The number of rotatable bonds is 5. The van der Waals surface area contributed by atoms with Crippen molar-refractivity contribution in [2.24, 2.45) is 5.73 Å². The molecule has 0 aliphatic rings. The summed E-state index contributed by atoms with van der Waals surface area (Å²) in [6, 6.07) is 5.96. The summed E-state index contributed by atoms with van der Waals surface area (Å²) < 4.78 is 18.3. The second kappa shape index (κ2) is 5.97. The molecule has 0 aliphatic carbocycles. The van der Waals surface area contributed by atoms with Crippen molar-refractivity contribution in [1.29, 1.82) is 0 Å². The summed E-state index contributed by atoms with van der Waals surface area (Å²) >= 11 is 1.66. The Morgan fingerprint density at radius 1 is 1.33 bits per heavy atom. The molecule has 0 fully saturated rings. The normalized spacial score (nSPS) is 12.6. The predicted molar refractivity (Wildman–Crippen MR) is 69.5 cm³/mol. The largest absolute Gasteiger partial charge is 0.420 e. The van der Waals surface area contributed by atoms with Crippen LogP contribution in [0.25, 0.3) is 11.5 Å².